The Hall–Kier alpha value is -12.1. The summed E-state index contributed by atoms with van der Waals surface area (Å²) in [6.45, 7) is 0. The highest BCUT2D eigenvalue weighted by molar-refractivity contribution is 9.11. The van der Waals surface area contributed by atoms with Crippen molar-refractivity contribution < 1.29 is 0 Å². The van der Waals surface area contributed by atoms with E-state index < -0.39 is 0 Å². The summed E-state index contributed by atoms with van der Waals surface area (Å²) >= 11 is 18.1. The van der Waals surface area contributed by atoms with Crippen LogP contribution in [0, 0.1) is 0 Å². The number of benzene rings is 18. The fourth-order valence-electron chi connectivity index (χ4n) is 15.9. The van der Waals surface area contributed by atoms with E-state index in [2.05, 4.69) is 475 Å². The molecule has 552 valence electrons. The smallest absolute Gasteiger partial charge is 0.0540 e. The van der Waals surface area contributed by atoms with Crippen LogP contribution in [0.4, 0.5) is 51.2 Å². The molecule has 10 heteroatoms. The van der Waals surface area contributed by atoms with Gasteiger partial charge in [-0.05, 0) is 220 Å². The van der Waals surface area contributed by atoms with Crippen molar-refractivity contribution in [3.8, 4) is 44.5 Å². The standard InChI is InChI=1S/C36H22BrNS2.C36H24BrNS.C34H22BrNS/c37-25-13-9-23(10-14-25)24-11-15-26(16-12-24)38(27-17-19-31-29-5-1-3-7-33(29)39-35(31)21-27)28-18-20-32-30-6-2-4-8-34(30)40-36(32)22-28;37-29-16-10-26(11-17-29)28-14-20-31(21-15-28)38(30-18-12-27(13-19-30)25-6-2-1-3-7-25)32-22-23-36-34(24-32)33-8-4-5-9-35(33)39-36;35-26-16-12-23(13-17-26)24-14-18-27(19-15-24)36(32-10-5-7-25-6-1-2-8-29(25)32)28-20-21-31-30-9-3-4-11-33(30)37-34(31)22-28/h1-22H;1-24H;1-22H. The lowest BCUT2D eigenvalue weighted by Gasteiger charge is -2.27. The van der Waals surface area contributed by atoms with E-state index in [1.807, 2.05) is 45.3 Å². The molecule has 0 aliphatic rings. The summed E-state index contributed by atoms with van der Waals surface area (Å²) in [5.74, 6) is 0. The molecular formula is C106H68Br3N3S4. The summed E-state index contributed by atoms with van der Waals surface area (Å²) in [6.07, 6.45) is 0. The Balaban J connectivity index is 0.000000112. The van der Waals surface area contributed by atoms with Gasteiger partial charge in [0, 0.05) is 145 Å². The summed E-state index contributed by atoms with van der Waals surface area (Å²) in [5, 5.41) is 13.0. The van der Waals surface area contributed by atoms with Gasteiger partial charge in [0.2, 0.25) is 0 Å². The molecule has 0 radical (unpaired) electrons. The SMILES string of the molecule is Brc1ccc(-c2ccc(N(c3ccc(-c4ccccc4)cc3)c3ccc4sc5ccccc5c4c3)cc2)cc1.Brc1ccc(-c2ccc(N(c3ccc4c(c3)sc3ccccc34)c3ccc4c(c3)sc3ccccc34)cc2)cc1.Brc1ccc(-c2ccc(N(c3ccc4c(c3)sc3ccccc34)c3cccc4ccccc34)cc2)cc1. The van der Waals surface area contributed by atoms with Crippen LogP contribution in [0.15, 0.2) is 426 Å². The van der Waals surface area contributed by atoms with Crippen molar-refractivity contribution in [2.24, 2.45) is 0 Å². The highest BCUT2D eigenvalue weighted by Crippen LogP contribution is 2.48. The maximum atomic E-state index is 3.55. The average Bonchev–Trinajstić information content (AvgIpc) is 1.42. The number of hydrogen-bond donors (Lipinski definition) is 0. The third-order valence-corrected chi connectivity index (χ3v) is 27.8. The molecule has 0 fully saturated rings. The summed E-state index contributed by atoms with van der Waals surface area (Å²) in [5.41, 5.74) is 20.0. The first kappa shape index (κ1) is 72.9. The number of anilines is 9. The van der Waals surface area contributed by atoms with Gasteiger partial charge in [0.05, 0.1) is 5.69 Å². The summed E-state index contributed by atoms with van der Waals surface area (Å²) in [4.78, 5) is 7.13. The molecule has 0 bridgehead atoms. The lowest BCUT2D eigenvalue weighted by molar-refractivity contribution is 1.29. The molecule has 116 heavy (non-hydrogen) atoms. The number of halogens is 3. The van der Waals surface area contributed by atoms with Crippen molar-refractivity contribution in [3.05, 3.63) is 426 Å². The number of hydrogen-bond acceptors (Lipinski definition) is 7. The van der Waals surface area contributed by atoms with E-state index >= 15 is 0 Å². The van der Waals surface area contributed by atoms with Crippen LogP contribution >= 0.6 is 93.1 Å². The molecule has 0 saturated carbocycles. The second-order valence-corrected chi connectivity index (χ2v) is 35.8. The van der Waals surface area contributed by atoms with E-state index in [9.17, 15) is 0 Å². The van der Waals surface area contributed by atoms with Gasteiger partial charge in [0.25, 0.3) is 0 Å². The molecule has 3 nitrogen and oxygen atoms in total. The molecule has 22 rings (SSSR count). The molecule has 0 spiro atoms. The molecule has 0 aliphatic heterocycles. The minimum absolute atomic E-state index is 1.09. The zero-order chi connectivity index (χ0) is 77.6. The predicted molar refractivity (Wildman–Crippen MR) is 517 cm³/mol. The van der Waals surface area contributed by atoms with E-state index in [4.69, 9.17) is 0 Å². The van der Waals surface area contributed by atoms with Gasteiger partial charge in [-0.1, -0.05) is 290 Å². The third-order valence-electron chi connectivity index (χ3n) is 21.6. The average molecular weight is 1750 g/mol. The highest BCUT2D eigenvalue weighted by atomic mass is 79.9. The van der Waals surface area contributed by atoms with E-state index in [0.29, 0.717) is 0 Å². The Morgan fingerprint density at radius 2 is 0.405 bits per heavy atom. The first-order chi connectivity index (χ1) is 57.2. The summed E-state index contributed by atoms with van der Waals surface area (Å²) in [6, 6.07) is 149. The van der Waals surface area contributed by atoms with Gasteiger partial charge < -0.3 is 14.7 Å². The minimum Gasteiger partial charge on any atom is -0.310 e. The Morgan fingerprint density at radius 1 is 0.155 bits per heavy atom. The topological polar surface area (TPSA) is 9.72 Å². The maximum Gasteiger partial charge on any atom is 0.0540 e. The molecule has 0 unspecified atom stereocenters. The lowest BCUT2D eigenvalue weighted by atomic mass is 10.0. The van der Waals surface area contributed by atoms with Gasteiger partial charge >= 0.3 is 0 Å². The second-order valence-electron chi connectivity index (χ2n) is 28.7. The van der Waals surface area contributed by atoms with Gasteiger partial charge in [-0.25, -0.2) is 0 Å². The minimum atomic E-state index is 1.09. The zero-order valence-corrected chi connectivity index (χ0v) is 70.4. The molecule has 22 aromatic rings. The van der Waals surface area contributed by atoms with Crippen LogP contribution in [0.25, 0.3) is 136 Å². The Morgan fingerprint density at radius 3 is 0.802 bits per heavy atom. The molecule has 4 heterocycles. The Labute approximate surface area is 714 Å². The maximum absolute atomic E-state index is 3.55. The molecule has 0 atom stereocenters. The van der Waals surface area contributed by atoms with Crippen molar-refractivity contribution >= 4 is 236 Å². The first-order valence-electron chi connectivity index (χ1n) is 38.5. The van der Waals surface area contributed by atoms with Gasteiger partial charge in [0.15, 0.2) is 0 Å². The van der Waals surface area contributed by atoms with Crippen molar-refractivity contribution in [2.45, 2.75) is 0 Å². The van der Waals surface area contributed by atoms with E-state index in [0.717, 1.165) is 58.9 Å². The first-order valence-corrected chi connectivity index (χ1v) is 44.1. The molecule has 0 N–H and O–H groups in total. The number of thiophene rings is 4. The molecule has 4 aromatic heterocycles. The van der Waals surface area contributed by atoms with Crippen molar-refractivity contribution in [3.63, 3.8) is 0 Å². The van der Waals surface area contributed by atoms with Crippen LogP contribution in [0.3, 0.4) is 0 Å². The summed E-state index contributed by atoms with van der Waals surface area (Å²) in [7, 11) is 0. The largest absolute Gasteiger partial charge is 0.310 e. The van der Waals surface area contributed by atoms with Gasteiger partial charge in [-0.3, -0.25) is 0 Å². The van der Waals surface area contributed by atoms with Crippen LogP contribution in [-0.2, 0) is 0 Å². The molecular weight excluding hydrogens is 1680 g/mol. The van der Waals surface area contributed by atoms with Crippen molar-refractivity contribution in [1.29, 1.82) is 0 Å². The van der Waals surface area contributed by atoms with E-state index in [-0.39, 0.29) is 0 Å². The number of rotatable bonds is 13. The Bertz CT molecular complexity index is 7230. The van der Waals surface area contributed by atoms with E-state index in [1.54, 1.807) is 0 Å². The normalized spacial score (nSPS) is 11.4. The van der Waals surface area contributed by atoms with Crippen LogP contribution < -0.4 is 14.7 Å². The predicted octanol–water partition coefficient (Wildman–Crippen LogP) is 35.0. The monoisotopic (exact) mass is 1750 g/mol. The second kappa shape index (κ2) is 32.0. The molecule has 0 aliphatic carbocycles. The number of nitrogens with zero attached hydrogens (tertiary/aromatic N) is 3. The van der Waals surface area contributed by atoms with Crippen LogP contribution in [-0.4, -0.2) is 0 Å². The number of fused-ring (bicyclic) bond motifs is 13. The quantitative estimate of drug-likeness (QED) is 0.114. The molecule has 18 aromatic carbocycles. The zero-order valence-electron chi connectivity index (χ0n) is 62.4. The Kier molecular flexibility index (Phi) is 20.1. The van der Waals surface area contributed by atoms with Gasteiger partial charge in [-0.2, -0.15) is 0 Å². The van der Waals surface area contributed by atoms with Gasteiger partial charge in [-0.15, -0.1) is 45.3 Å². The van der Waals surface area contributed by atoms with E-state index in [1.165, 1.54) is 142 Å². The van der Waals surface area contributed by atoms with Gasteiger partial charge in [0.1, 0.15) is 0 Å². The van der Waals surface area contributed by atoms with Crippen molar-refractivity contribution in [2.75, 3.05) is 14.7 Å². The lowest BCUT2D eigenvalue weighted by Crippen LogP contribution is -2.10. The molecule has 0 amide bonds. The fraction of sp³-hybridized carbons (Fsp3) is 0. The van der Waals surface area contributed by atoms with Crippen LogP contribution in [0.1, 0.15) is 0 Å². The molecule has 0 saturated heterocycles. The van der Waals surface area contributed by atoms with Crippen LogP contribution in [0.2, 0.25) is 0 Å². The fourth-order valence-corrected chi connectivity index (χ4v) is 21.2. The van der Waals surface area contributed by atoms with Crippen LogP contribution in [0.5, 0.6) is 0 Å². The highest BCUT2D eigenvalue weighted by Gasteiger charge is 2.22. The third kappa shape index (κ3) is 14.6. The summed E-state index contributed by atoms with van der Waals surface area (Å²) < 4.78 is 13.8. The van der Waals surface area contributed by atoms with Crippen molar-refractivity contribution in [1.82, 2.24) is 0 Å².